The minimum Gasteiger partial charge on any atom is -0.315 e. The van der Waals surface area contributed by atoms with E-state index in [1.54, 1.807) is 42.3 Å². The zero-order chi connectivity index (χ0) is 20.5. The summed E-state index contributed by atoms with van der Waals surface area (Å²) in [6.07, 6.45) is 3.60. The predicted molar refractivity (Wildman–Crippen MR) is 113 cm³/mol. The van der Waals surface area contributed by atoms with Crippen molar-refractivity contribution in [2.45, 2.75) is 56.8 Å². The third kappa shape index (κ3) is 4.07. The van der Waals surface area contributed by atoms with E-state index in [9.17, 15) is 13.2 Å². The number of hydrogen-bond acceptors (Lipinski definition) is 3. The van der Waals surface area contributed by atoms with Crippen LogP contribution in [0.4, 0.5) is 11.4 Å². The maximum absolute atomic E-state index is 12.9. The average Bonchev–Trinajstić information content (AvgIpc) is 2.65. The van der Waals surface area contributed by atoms with E-state index in [0.29, 0.717) is 12.1 Å². The van der Waals surface area contributed by atoms with Crippen LogP contribution in [0.25, 0.3) is 0 Å². The molecule has 6 heteroatoms. The van der Waals surface area contributed by atoms with Crippen molar-refractivity contribution in [2.75, 3.05) is 16.7 Å². The molecular formula is C22H28N2O3S. The molecule has 2 aromatic rings. The molecule has 1 aliphatic rings. The maximum atomic E-state index is 12.9. The van der Waals surface area contributed by atoms with Crippen molar-refractivity contribution in [3.63, 3.8) is 0 Å². The van der Waals surface area contributed by atoms with Crippen molar-refractivity contribution in [1.82, 2.24) is 0 Å². The van der Waals surface area contributed by atoms with Crippen LogP contribution < -0.4 is 9.62 Å². The van der Waals surface area contributed by atoms with Crippen molar-refractivity contribution in [3.05, 3.63) is 53.6 Å². The molecule has 0 radical (unpaired) electrons. The predicted octanol–water partition coefficient (Wildman–Crippen LogP) is 4.47. The van der Waals surface area contributed by atoms with Crippen LogP contribution in [0.15, 0.2) is 47.4 Å². The van der Waals surface area contributed by atoms with Crippen LogP contribution in [0.5, 0.6) is 0 Å². The van der Waals surface area contributed by atoms with Crippen LogP contribution in [0, 0.1) is 0 Å². The molecule has 0 atom stereocenters. The molecular weight excluding hydrogens is 372 g/mol. The molecule has 5 nitrogen and oxygen atoms in total. The van der Waals surface area contributed by atoms with Gasteiger partial charge in [-0.05, 0) is 54.3 Å². The number of anilines is 2. The summed E-state index contributed by atoms with van der Waals surface area (Å²) < 4.78 is 28.5. The third-order valence-corrected chi connectivity index (χ3v) is 6.74. The lowest BCUT2D eigenvalue weighted by molar-refractivity contribution is -0.119. The molecule has 1 N–H and O–H groups in total. The second-order valence-corrected chi connectivity index (χ2v) is 9.78. The smallest absolute Gasteiger partial charge is 0.261 e. The molecule has 28 heavy (non-hydrogen) atoms. The van der Waals surface area contributed by atoms with Crippen LogP contribution in [0.3, 0.4) is 0 Å². The lowest BCUT2D eigenvalue weighted by Gasteiger charge is -2.37. The topological polar surface area (TPSA) is 66.5 Å². The van der Waals surface area contributed by atoms with Crippen LogP contribution in [-0.2, 0) is 26.7 Å². The Balaban J connectivity index is 1.88. The minimum absolute atomic E-state index is 0.0365. The van der Waals surface area contributed by atoms with E-state index in [1.807, 2.05) is 26.0 Å². The molecule has 150 valence electrons. The molecule has 2 aromatic carbocycles. The molecule has 0 aliphatic carbocycles. The van der Waals surface area contributed by atoms with Crippen LogP contribution in [-0.4, -0.2) is 21.4 Å². The van der Waals surface area contributed by atoms with Gasteiger partial charge >= 0.3 is 0 Å². The second kappa shape index (κ2) is 7.59. The summed E-state index contributed by atoms with van der Waals surface area (Å²) in [5.41, 5.74) is 2.97. The highest BCUT2D eigenvalue weighted by atomic mass is 32.2. The number of aryl methyl sites for hydroxylation is 1. The number of nitrogens with zero attached hydrogens (tertiary/aromatic N) is 1. The summed E-state index contributed by atoms with van der Waals surface area (Å²) >= 11 is 0. The number of rotatable bonds is 6. The van der Waals surface area contributed by atoms with Crippen molar-refractivity contribution >= 4 is 27.3 Å². The first-order valence-electron chi connectivity index (χ1n) is 9.67. The van der Waals surface area contributed by atoms with Crippen LogP contribution in [0.2, 0.25) is 0 Å². The van der Waals surface area contributed by atoms with Gasteiger partial charge in [-0.3, -0.25) is 9.52 Å². The summed E-state index contributed by atoms with van der Waals surface area (Å²) in [6.45, 7) is 6.08. The molecule has 0 fully saturated rings. The van der Waals surface area contributed by atoms with Gasteiger partial charge < -0.3 is 4.90 Å². The number of benzene rings is 2. The fourth-order valence-electron chi connectivity index (χ4n) is 3.58. The summed E-state index contributed by atoms with van der Waals surface area (Å²) in [5.74, 6) is 0.0365. The molecule has 1 aliphatic heterocycles. The molecule has 0 aromatic heterocycles. The van der Waals surface area contributed by atoms with E-state index in [-0.39, 0.29) is 10.8 Å². The number of carbonyl (C=O) groups is 1. The van der Waals surface area contributed by atoms with Gasteiger partial charge in [-0.25, -0.2) is 8.42 Å². The lowest BCUT2D eigenvalue weighted by Crippen LogP contribution is -2.39. The Hall–Kier alpha value is -2.34. The van der Waals surface area contributed by atoms with Crippen LogP contribution >= 0.6 is 0 Å². The fraction of sp³-hybridized carbons (Fsp3) is 0.409. The van der Waals surface area contributed by atoms with Crippen molar-refractivity contribution < 1.29 is 13.2 Å². The summed E-state index contributed by atoms with van der Waals surface area (Å²) in [5, 5.41) is 0. The summed E-state index contributed by atoms with van der Waals surface area (Å²) in [7, 11) is -1.99. The Morgan fingerprint density at radius 2 is 1.79 bits per heavy atom. The Kier molecular flexibility index (Phi) is 5.53. The first-order valence-corrected chi connectivity index (χ1v) is 11.2. The molecule has 1 amide bonds. The van der Waals surface area contributed by atoms with E-state index >= 15 is 0 Å². The van der Waals surface area contributed by atoms with Gasteiger partial charge in [0, 0.05) is 30.3 Å². The number of amides is 1. The fourth-order valence-corrected chi connectivity index (χ4v) is 4.66. The zero-order valence-corrected chi connectivity index (χ0v) is 17.8. The first kappa shape index (κ1) is 20.4. The minimum atomic E-state index is -3.71. The normalized spacial score (nSPS) is 16.0. The number of nitrogens with one attached hydrogen (secondary N) is 1. The second-order valence-electron chi connectivity index (χ2n) is 8.10. The molecule has 0 bridgehead atoms. The standard InChI is InChI=1S/C22H28N2O3S/c1-5-6-7-16-8-10-17(11-9-16)23-28(26,27)18-12-13-20-19(14-18)22(2,3)15-21(25)24(20)4/h8-14,23H,5-7,15H2,1-4H3. The Labute approximate surface area is 167 Å². The van der Waals surface area contributed by atoms with Crippen molar-refractivity contribution in [1.29, 1.82) is 0 Å². The SMILES string of the molecule is CCCCc1ccc(NS(=O)(=O)c2ccc3c(c2)C(C)(C)CC(=O)N3C)cc1. The van der Waals surface area contributed by atoms with Gasteiger partial charge in [0.25, 0.3) is 10.0 Å². The highest BCUT2D eigenvalue weighted by Gasteiger charge is 2.36. The molecule has 0 spiro atoms. The molecule has 1 heterocycles. The van der Waals surface area contributed by atoms with E-state index in [2.05, 4.69) is 11.6 Å². The summed E-state index contributed by atoms with van der Waals surface area (Å²) in [4.78, 5) is 14.0. The Morgan fingerprint density at radius 1 is 1.11 bits per heavy atom. The largest absolute Gasteiger partial charge is 0.315 e. The van der Waals surface area contributed by atoms with Gasteiger partial charge in [-0.15, -0.1) is 0 Å². The van der Waals surface area contributed by atoms with Crippen molar-refractivity contribution in [2.24, 2.45) is 0 Å². The van der Waals surface area contributed by atoms with Gasteiger partial charge in [-0.1, -0.05) is 39.3 Å². The van der Waals surface area contributed by atoms with Gasteiger partial charge in [0.15, 0.2) is 0 Å². The highest BCUT2D eigenvalue weighted by Crippen LogP contribution is 2.40. The molecule has 0 saturated heterocycles. The summed E-state index contributed by atoms with van der Waals surface area (Å²) in [6, 6.07) is 12.5. The first-order chi connectivity index (χ1) is 13.1. The maximum Gasteiger partial charge on any atom is 0.261 e. The molecule has 0 saturated carbocycles. The number of fused-ring (bicyclic) bond motifs is 1. The van der Waals surface area contributed by atoms with E-state index in [0.717, 1.165) is 30.5 Å². The van der Waals surface area contributed by atoms with Crippen molar-refractivity contribution in [3.8, 4) is 0 Å². The number of carbonyl (C=O) groups excluding carboxylic acids is 1. The Morgan fingerprint density at radius 3 is 2.43 bits per heavy atom. The Bertz CT molecular complexity index is 979. The van der Waals surface area contributed by atoms with Gasteiger partial charge in [0.1, 0.15) is 0 Å². The van der Waals surface area contributed by atoms with Gasteiger partial charge in [0.05, 0.1) is 4.90 Å². The third-order valence-electron chi connectivity index (χ3n) is 5.36. The van der Waals surface area contributed by atoms with Gasteiger partial charge in [0.2, 0.25) is 5.91 Å². The lowest BCUT2D eigenvalue weighted by atomic mass is 9.77. The van der Waals surface area contributed by atoms with E-state index in [4.69, 9.17) is 0 Å². The van der Waals surface area contributed by atoms with Gasteiger partial charge in [-0.2, -0.15) is 0 Å². The highest BCUT2D eigenvalue weighted by molar-refractivity contribution is 7.92. The molecule has 0 unspecified atom stereocenters. The number of hydrogen-bond donors (Lipinski definition) is 1. The quantitative estimate of drug-likeness (QED) is 0.778. The average molecular weight is 401 g/mol. The number of sulfonamides is 1. The monoisotopic (exact) mass is 400 g/mol. The molecule has 3 rings (SSSR count). The zero-order valence-electron chi connectivity index (χ0n) is 17.0. The van der Waals surface area contributed by atoms with E-state index in [1.165, 1.54) is 5.56 Å². The number of unbranched alkanes of at least 4 members (excludes halogenated alkanes) is 1. The van der Waals surface area contributed by atoms with E-state index < -0.39 is 15.4 Å². The van der Waals surface area contributed by atoms with Crippen LogP contribution in [0.1, 0.15) is 51.2 Å².